The number of pyridine rings is 1. The van der Waals surface area contributed by atoms with E-state index in [1.807, 2.05) is 0 Å². The van der Waals surface area contributed by atoms with Crippen molar-refractivity contribution in [2.24, 2.45) is 0 Å². The zero-order valence-corrected chi connectivity index (χ0v) is 10.6. The Morgan fingerprint density at radius 2 is 2.28 bits per heavy atom. The first kappa shape index (κ1) is 13.3. The van der Waals surface area contributed by atoms with E-state index in [0.29, 0.717) is 31.6 Å². The number of hydrogen-bond donors (Lipinski definition) is 2. The van der Waals surface area contributed by atoms with Crippen molar-refractivity contribution in [3.05, 3.63) is 29.0 Å². The lowest BCUT2D eigenvalue weighted by Crippen LogP contribution is -2.46. The third-order valence-electron chi connectivity index (χ3n) is 3.01. The van der Waals surface area contributed by atoms with E-state index in [-0.39, 0.29) is 17.6 Å². The van der Waals surface area contributed by atoms with Gasteiger partial charge < -0.3 is 15.2 Å². The fourth-order valence-corrected chi connectivity index (χ4v) is 2.03. The van der Waals surface area contributed by atoms with Gasteiger partial charge in [-0.05, 0) is 12.1 Å². The Balaban J connectivity index is 1.94. The molecule has 0 bridgehead atoms. The lowest BCUT2D eigenvalue weighted by molar-refractivity contribution is -0.0605. The van der Waals surface area contributed by atoms with E-state index in [1.54, 1.807) is 12.1 Å². The van der Waals surface area contributed by atoms with E-state index in [2.05, 4.69) is 10.3 Å². The first-order valence-electron chi connectivity index (χ1n) is 5.80. The molecule has 1 aliphatic heterocycles. The van der Waals surface area contributed by atoms with Gasteiger partial charge in [-0.1, -0.05) is 11.6 Å². The summed E-state index contributed by atoms with van der Waals surface area (Å²) in [6.45, 7) is 1.22. The van der Waals surface area contributed by atoms with Crippen molar-refractivity contribution >= 4 is 17.5 Å². The maximum atomic E-state index is 11.9. The molecular formula is C12H15ClN2O3. The average molecular weight is 271 g/mol. The minimum atomic E-state index is -0.886. The maximum absolute atomic E-state index is 11.9. The van der Waals surface area contributed by atoms with Crippen LogP contribution in [0.3, 0.4) is 0 Å². The zero-order valence-electron chi connectivity index (χ0n) is 9.86. The first-order chi connectivity index (χ1) is 8.61. The Labute approximate surface area is 110 Å². The van der Waals surface area contributed by atoms with Crippen LogP contribution in [0.5, 0.6) is 0 Å². The van der Waals surface area contributed by atoms with E-state index >= 15 is 0 Å². The maximum Gasteiger partial charge on any atom is 0.254 e. The number of nitrogens with one attached hydrogen (secondary N) is 1. The lowest BCUT2D eigenvalue weighted by atomic mass is 9.94. The van der Waals surface area contributed by atoms with Crippen LogP contribution >= 0.6 is 11.6 Å². The van der Waals surface area contributed by atoms with E-state index < -0.39 is 5.60 Å². The second-order valence-corrected chi connectivity index (χ2v) is 4.72. The highest BCUT2D eigenvalue weighted by molar-refractivity contribution is 6.32. The number of hydrogen-bond acceptors (Lipinski definition) is 4. The molecule has 0 atom stereocenters. The summed E-state index contributed by atoms with van der Waals surface area (Å²) in [5.41, 5.74) is -0.572. The summed E-state index contributed by atoms with van der Waals surface area (Å²) in [6.07, 6.45) is 2.56. The second kappa shape index (κ2) is 5.65. The van der Waals surface area contributed by atoms with Crippen molar-refractivity contribution in [1.29, 1.82) is 0 Å². The molecule has 0 unspecified atom stereocenters. The highest BCUT2D eigenvalue weighted by Crippen LogP contribution is 2.19. The van der Waals surface area contributed by atoms with Crippen LogP contribution in [-0.4, -0.2) is 41.4 Å². The normalized spacial score (nSPS) is 18.3. The molecule has 2 N–H and O–H groups in total. The monoisotopic (exact) mass is 270 g/mol. The number of rotatable bonds is 3. The molecule has 1 aromatic rings. The van der Waals surface area contributed by atoms with Gasteiger partial charge in [0, 0.05) is 38.8 Å². The summed E-state index contributed by atoms with van der Waals surface area (Å²) < 4.78 is 5.17. The predicted octanol–water partition coefficient (Wildman–Crippen LogP) is 1.01. The molecule has 0 aromatic carbocycles. The summed E-state index contributed by atoms with van der Waals surface area (Å²) in [5, 5.41) is 13.0. The van der Waals surface area contributed by atoms with Crippen molar-refractivity contribution in [3.8, 4) is 0 Å². The predicted molar refractivity (Wildman–Crippen MR) is 66.6 cm³/mol. The molecule has 0 radical (unpaired) electrons. The van der Waals surface area contributed by atoms with Gasteiger partial charge in [0.2, 0.25) is 0 Å². The fraction of sp³-hybridized carbons (Fsp3) is 0.500. The third-order valence-corrected chi connectivity index (χ3v) is 3.31. The number of halogens is 1. The Hall–Kier alpha value is -1.17. The van der Waals surface area contributed by atoms with Crippen LogP contribution in [0.2, 0.25) is 5.15 Å². The molecule has 2 heterocycles. The Bertz CT molecular complexity index is 433. The quantitative estimate of drug-likeness (QED) is 0.804. The molecule has 1 aromatic heterocycles. The number of carbonyl (C=O) groups excluding carboxylic acids is 1. The van der Waals surface area contributed by atoms with Gasteiger partial charge in [-0.2, -0.15) is 0 Å². The summed E-state index contributed by atoms with van der Waals surface area (Å²) >= 11 is 5.82. The van der Waals surface area contributed by atoms with Gasteiger partial charge in [-0.3, -0.25) is 4.79 Å². The van der Waals surface area contributed by atoms with Gasteiger partial charge in [-0.15, -0.1) is 0 Å². The van der Waals surface area contributed by atoms with Crippen molar-refractivity contribution in [1.82, 2.24) is 10.3 Å². The summed E-state index contributed by atoms with van der Waals surface area (Å²) in [6, 6.07) is 3.24. The van der Waals surface area contributed by atoms with E-state index in [9.17, 15) is 9.90 Å². The van der Waals surface area contributed by atoms with Gasteiger partial charge in [0.25, 0.3) is 5.91 Å². The molecule has 0 spiro atoms. The van der Waals surface area contributed by atoms with Crippen LogP contribution in [0, 0.1) is 0 Å². The van der Waals surface area contributed by atoms with Crippen LogP contribution in [0.1, 0.15) is 23.2 Å². The highest BCUT2D eigenvalue weighted by Gasteiger charge is 2.30. The summed E-state index contributed by atoms with van der Waals surface area (Å²) in [5.74, 6) is -0.326. The SMILES string of the molecule is O=C(NCC1(O)CCOCC1)c1cccnc1Cl. The zero-order chi connectivity index (χ0) is 13.0. The largest absolute Gasteiger partial charge is 0.388 e. The Morgan fingerprint density at radius 1 is 1.56 bits per heavy atom. The highest BCUT2D eigenvalue weighted by atomic mass is 35.5. The van der Waals surface area contributed by atoms with Gasteiger partial charge in [-0.25, -0.2) is 4.98 Å². The number of carbonyl (C=O) groups is 1. The number of aliphatic hydroxyl groups is 1. The molecule has 0 aliphatic carbocycles. The van der Waals surface area contributed by atoms with Gasteiger partial charge in [0.1, 0.15) is 5.15 Å². The molecule has 6 heteroatoms. The third kappa shape index (κ3) is 3.19. The standard InChI is InChI=1S/C12H15ClN2O3/c13-10-9(2-1-5-14-10)11(16)15-8-12(17)3-6-18-7-4-12/h1-2,5,17H,3-4,6-8H2,(H,15,16). The van der Waals surface area contributed by atoms with E-state index in [0.717, 1.165) is 0 Å². The topological polar surface area (TPSA) is 71.5 Å². The molecule has 1 fully saturated rings. The van der Waals surface area contributed by atoms with Crippen molar-refractivity contribution < 1.29 is 14.6 Å². The molecule has 2 rings (SSSR count). The average Bonchev–Trinajstić information content (AvgIpc) is 2.38. The molecule has 1 saturated heterocycles. The minimum absolute atomic E-state index is 0.161. The smallest absolute Gasteiger partial charge is 0.254 e. The van der Waals surface area contributed by atoms with Crippen molar-refractivity contribution in [2.45, 2.75) is 18.4 Å². The molecule has 98 valence electrons. The molecule has 1 amide bonds. The van der Waals surface area contributed by atoms with Crippen molar-refractivity contribution in [2.75, 3.05) is 19.8 Å². The van der Waals surface area contributed by atoms with Crippen LogP contribution in [0.25, 0.3) is 0 Å². The minimum Gasteiger partial charge on any atom is -0.388 e. The summed E-state index contributed by atoms with van der Waals surface area (Å²) in [7, 11) is 0. The van der Waals surface area contributed by atoms with Gasteiger partial charge in [0.15, 0.2) is 0 Å². The number of amides is 1. The summed E-state index contributed by atoms with van der Waals surface area (Å²) in [4.78, 5) is 15.7. The molecular weight excluding hydrogens is 256 g/mol. The second-order valence-electron chi connectivity index (χ2n) is 4.36. The molecule has 18 heavy (non-hydrogen) atoms. The van der Waals surface area contributed by atoms with E-state index in [1.165, 1.54) is 6.20 Å². The van der Waals surface area contributed by atoms with Crippen molar-refractivity contribution in [3.63, 3.8) is 0 Å². The van der Waals surface area contributed by atoms with Crippen LogP contribution in [0.15, 0.2) is 18.3 Å². The fourth-order valence-electron chi connectivity index (χ4n) is 1.82. The molecule has 0 saturated carbocycles. The molecule has 5 nitrogen and oxygen atoms in total. The number of aromatic nitrogens is 1. The van der Waals surface area contributed by atoms with Gasteiger partial charge in [0.05, 0.1) is 11.2 Å². The number of ether oxygens (including phenoxy) is 1. The van der Waals surface area contributed by atoms with Gasteiger partial charge >= 0.3 is 0 Å². The first-order valence-corrected chi connectivity index (χ1v) is 6.17. The van der Waals surface area contributed by atoms with E-state index in [4.69, 9.17) is 16.3 Å². The lowest BCUT2D eigenvalue weighted by Gasteiger charge is -2.32. The Morgan fingerprint density at radius 3 is 2.94 bits per heavy atom. The van der Waals surface area contributed by atoms with Crippen LogP contribution < -0.4 is 5.32 Å². The van der Waals surface area contributed by atoms with Crippen LogP contribution in [0.4, 0.5) is 0 Å². The van der Waals surface area contributed by atoms with Crippen LogP contribution in [-0.2, 0) is 4.74 Å². The number of nitrogens with zero attached hydrogens (tertiary/aromatic N) is 1. The molecule has 1 aliphatic rings. The Kier molecular flexibility index (Phi) is 4.16.